The number of aromatic nitrogens is 2. The minimum atomic E-state index is -0.320. The summed E-state index contributed by atoms with van der Waals surface area (Å²) >= 11 is 0. The number of benzene rings is 2. The number of halogens is 1. The standard InChI is InChI=1S/C19H21FN4O/c1-24-17-8-7-14(20)11-16(17)23-18(24)9-10-22-19(25)12-15(21)13-5-3-2-4-6-13/h2-8,11,15H,9-10,12,21H2,1H3,(H,22,25). The lowest BCUT2D eigenvalue weighted by Gasteiger charge is -2.12. The Kier molecular flexibility index (Phi) is 5.09. The number of hydrogen-bond donors (Lipinski definition) is 2. The van der Waals surface area contributed by atoms with Gasteiger partial charge in [0.2, 0.25) is 5.91 Å². The molecule has 1 amide bonds. The number of nitrogens with zero attached hydrogens (tertiary/aromatic N) is 2. The molecule has 5 nitrogen and oxygen atoms in total. The van der Waals surface area contributed by atoms with Crippen LogP contribution in [-0.4, -0.2) is 22.0 Å². The van der Waals surface area contributed by atoms with Crippen molar-refractivity contribution in [2.45, 2.75) is 18.9 Å². The predicted octanol–water partition coefficient (Wildman–Crippen LogP) is 2.46. The zero-order valence-electron chi connectivity index (χ0n) is 14.1. The highest BCUT2D eigenvalue weighted by Crippen LogP contribution is 2.16. The van der Waals surface area contributed by atoms with Gasteiger partial charge in [0.15, 0.2) is 0 Å². The number of rotatable bonds is 6. The van der Waals surface area contributed by atoms with Crippen molar-refractivity contribution >= 4 is 16.9 Å². The molecule has 1 atom stereocenters. The molecular formula is C19H21FN4O. The maximum absolute atomic E-state index is 13.3. The van der Waals surface area contributed by atoms with Gasteiger partial charge >= 0.3 is 0 Å². The summed E-state index contributed by atoms with van der Waals surface area (Å²) in [7, 11) is 1.88. The first-order valence-corrected chi connectivity index (χ1v) is 8.22. The molecule has 0 fully saturated rings. The van der Waals surface area contributed by atoms with Gasteiger partial charge < -0.3 is 15.6 Å². The molecule has 3 aromatic rings. The molecule has 25 heavy (non-hydrogen) atoms. The molecule has 1 unspecified atom stereocenters. The van der Waals surface area contributed by atoms with Crippen LogP contribution in [0.2, 0.25) is 0 Å². The molecule has 0 aliphatic heterocycles. The van der Waals surface area contributed by atoms with E-state index in [9.17, 15) is 9.18 Å². The topological polar surface area (TPSA) is 72.9 Å². The Morgan fingerprint density at radius 3 is 2.80 bits per heavy atom. The van der Waals surface area contributed by atoms with E-state index in [4.69, 9.17) is 5.73 Å². The van der Waals surface area contributed by atoms with Crippen LogP contribution in [0.3, 0.4) is 0 Å². The van der Waals surface area contributed by atoms with Gasteiger partial charge in [0, 0.05) is 38.5 Å². The number of carbonyl (C=O) groups is 1. The van der Waals surface area contributed by atoms with Crippen LogP contribution in [0.5, 0.6) is 0 Å². The quantitative estimate of drug-likeness (QED) is 0.724. The summed E-state index contributed by atoms with van der Waals surface area (Å²) < 4.78 is 15.2. The number of nitrogens with two attached hydrogens (primary N) is 1. The van der Waals surface area contributed by atoms with Crippen LogP contribution in [0, 0.1) is 5.82 Å². The predicted molar refractivity (Wildman–Crippen MR) is 95.4 cm³/mol. The summed E-state index contributed by atoms with van der Waals surface area (Å²) in [5, 5.41) is 2.87. The van der Waals surface area contributed by atoms with Crippen LogP contribution in [-0.2, 0) is 18.3 Å². The van der Waals surface area contributed by atoms with Crippen molar-refractivity contribution in [2.75, 3.05) is 6.54 Å². The van der Waals surface area contributed by atoms with E-state index >= 15 is 0 Å². The molecule has 3 rings (SSSR count). The van der Waals surface area contributed by atoms with Gasteiger partial charge in [-0.05, 0) is 17.7 Å². The number of carbonyl (C=O) groups excluding carboxylic acids is 1. The molecule has 0 saturated carbocycles. The van der Waals surface area contributed by atoms with Crippen LogP contribution in [0.25, 0.3) is 11.0 Å². The largest absolute Gasteiger partial charge is 0.356 e. The van der Waals surface area contributed by atoms with Crippen molar-refractivity contribution in [1.29, 1.82) is 0 Å². The van der Waals surface area contributed by atoms with Crippen LogP contribution in [0.1, 0.15) is 23.9 Å². The fourth-order valence-electron chi connectivity index (χ4n) is 2.85. The monoisotopic (exact) mass is 340 g/mol. The number of imidazole rings is 1. The van der Waals surface area contributed by atoms with Crippen molar-refractivity contribution in [2.24, 2.45) is 12.8 Å². The summed E-state index contributed by atoms with van der Waals surface area (Å²) in [6.45, 7) is 0.458. The SMILES string of the molecule is Cn1c(CCNC(=O)CC(N)c2ccccc2)nc2cc(F)ccc21. The molecule has 2 aromatic carbocycles. The van der Waals surface area contributed by atoms with Crippen molar-refractivity contribution in [1.82, 2.24) is 14.9 Å². The van der Waals surface area contributed by atoms with Gasteiger partial charge in [-0.1, -0.05) is 30.3 Å². The highest BCUT2D eigenvalue weighted by atomic mass is 19.1. The summed E-state index contributed by atoms with van der Waals surface area (Å²) in [5.41, 5.74) is 8.48. The third-order valence-corrected chi connectivity index (χ3v) is 4.24. The lowest BCUT2D eigenvalue weighted by atomic mass is 10.0. The Labute approximate surface area is 145 Å². The molecule has 0 saturated heterocycles. The minimum Gasteiger partial charge on any atom is -0.356 e. The van der Waals surface area contributed by atoms with Crippen molar-refractivity contribution < 1.29 is 9.18 Å². The van der Waals surface area contributed by atoms with E-state index in [1.54, 1.807) is 6.07 Å². The molecule has 0 spiro atoms. The highest BCUT2D eigenvalue weighted by molar-refractivity contribution is 5.77. The Balaban J connectivity index is 1.54. The smallest absolute Gasteiger partial charge is 0.221 e. The third-order valence-electron chi connectivity index (χ3n) is 4.24. The lowest BCUT2D eigenvalue weighted by molar-refractivity contribution is -0.121. The molecule has 3 N–H and O–H groups in total. The minimum absolute atomic E-state index is 0.0961. The molecule has 0 aliphatic carbocycles. The fraction of sp³-hybridized carbons (Fsp3) is 0.263. The normalized spacial score (nSPS) is 12.3. The van der Waals surface area contributed by atoms with E-state index < -0.39 is 0 Å². The second-order valence-electron chi connectivity index (χ2n) is 6.04. The molecule has 0 bridgehead atoms. The van der Waals surface area contributed by atoms with Crippen molar-refractivity contribution in [3.63, 3.8) is 0 Å². The lowest BCUT2D eigenvalue weighted by Crippen LogP contribution is -2.29. The number of nitrogens with one attached hydrogen (secondary N) is 1. The summed E-state index contributed by atoms with van der Waals surface area (Å²) in [6.07, 6.45) is 0.802. The number of amides is 1. The number of aryl methyl sites for hydroxylation is 1. The molecule has 1 aromatic heterocycles. The second kappa shape index (κ2) is 7.44. The van der Waals surface area contributed by atoms with E-state index in [1.807, 2.05) is 41.9 Å². The third kappa shape index (κ3) is 4.03. The molecule has 0 aliphatic rings. The second-order valence-corrected chi connectivity index (χ2v) is 6.04. The maximum atomic E-state index is 13.3. The van der Waals surface area contributed by atoms with Gasteiger partial charge in [-0.2, -0.15) is 0 Å². The average molecular weight is 340 g/mol. The Bertz CT molecular complexity index is 876. The number of fused-ring (bicyclic) bond motifs is 1. The maximum Gasteiger partial charge on any atom is 0.221 e. The summed E-state index contributed by atoms with van der Waals surface area (Å²) in [6, 6.07) is 13.8. The Morgan fingerprint density at radius 2 is 2.04 bits per heavy atom. The van der Waals surface area contributed by atoms with E-state index in [0.29, 0.717) is 18.5 Å². The molecule has 6 heteroatoms. The first-order chi connectivity index (χ1) is 12.0. The van der Waals surface area contributed by atoms with Crippen molar-refractivity contribution in [3.8, 4) is 0 Å². The first kappa shape index (κ1) is 17.1. The van der Waals surface area contributed by atoms with Crippen LogP contribution in [0.15, 0.2) is 48.5 Å². The van der Waals surface area contributed by atoms with Gasteiger partial charge in [0.1, 0.15) is 11.6 Å². The molecular weight excluding hydrogens is 319 g/mol. The van der Waals surface area contributed by atoms with Gasteiger partial charge in [-0.3, -0.25) is 4.79 Å². The zero-order valence-corrected chi connectivity index (χ0v) is 14.1. The molecule has 0 radical (unpaired) electrons. The van der Waals surface area contributed by atoms with E-state index in [0.717, 1.165) is 16.9 Å². The summed E-state index contributed by atoms with van der Waals surface area (Å²) in [4.78, 5) is 16.5. The highest BCUT2D eigenvalue weighted by Gasteiger charge is 2.12. The van der Waals surface area contributed by atoms with E-state index in [1.165, 1.54) is 12.1 Å². The van der Waals surface area contributed by atoms with Crippen LogP contribution < -0.4 is 11.1 Å². The van der Waals surface area contributed by atoms with E-state index in [-0.39, 0.29) is 24.2 Å². The Hall–Kier alpha value is -2.73. The first-order valence-electron chi connectivity index (χ1n) is 8.22. The number of hydrogen-bond acceptors (Lipinski definition) is 3. The zero-order chi connectivity index (χ0) is 17.8. The van der Waals surface area contributed by atoms with Gasteiger partial charge in [0.05, 0.1) is 11.0 Å². The Morgan fingerprint density at radius 1 is 1.28 bits per heavy atom. The molecule has 130 valence electrons. The molecule has 1 heterocycles. The van der Waals surface area contributed by atoms with Gasteiger partial charge in [-0.15, -0.1) is 0 Å². The van der Waals surface area contributed by atoms with Gasteiger partial charge in [0.25, 0.3) is 0 Å². The van der Waals surface area contributed by atoms with E-state index in [2.05, 4.69) is 10.3 Å². The van der Waals surface area contributed by atoms with Crippen molar-refractivity contribution in [3.05, 3.63) is 65.7 Å². The fourth-order valence-corrected chi connectivity index (χ4v) is 2.85. The summed E-state index contributed by atoms with van der Waals surface area (Å²) in [5.74, 6) is 0.398. The van der Waals surface area contributed by atoms with Crippen LogP contribution >= 0.6 is 0 Å². The van der Waals surface area contributed by atoms with Gasteiger partial charge in [-0.25, -0.2) is 9.37 Å². The van der Waals surface area contributed by atoms with Crippen LogP contribution in [0.4, 0.5) is 4.39 Å². The average Bonchev–Trinajstić information content (AvgIpc) is 2.91.